The van der Waals surface area contributed by atoms with Gasteiger partial charge < -0.3 is 20.9 Å². The Morgan fingerprint density at radius 1 is 1.00 bits per heavy atom. The number of nitrogens with two attached hydrogens (primary N) is 2. The fourth-order valence-electron chi connectivity index (χ4n) is 4.68. The molecule has 0 saturated heterocycles. The van der Waals surface area contributed by atoms with Crippen LogP contribution in [0.4, 0.5) is 9.57 Å². The maximum atomic E-state index is 13.0. The Bertz CT molecular complexity index is 1540. The summed E-state index contributed by atoms with van der Waals surface area (Å²) in [6.07, 6.45) is 3.97. The molecule has 0 unspecified atom stereocenters. The fourth-order valence-corrected chi connectivity index (χ4v) is 5.37. The van der Waals surface area contributed by atoms with Crippen molar-refractivity contribution in [3.05, 3.63) is 47.5 Å². The SMILES string of the molecule is CC1(C)N=C(N)N=C(N)N1c1ccc(OCC2CCC(COc3ccc(S(=O)(=O)F)cc3)CC2)c(Cl)c1.CCS(=O)(=O)O. The van der Waals surface area contributed by atoms with E-state index in [-0.39, 0.29) is 22.6 Å². The third-order valence-electron chi connectivity index (χ3n) is 6.96. The van der Waals surface area contributed by atoms with E-state index in [1.807, 2.05) is 26.0 Å². The molecular weight excluding hydrogens is 625 g/mol. The van der Waals surface area contributed by atoms with Gasteiger partial charge in [0.2, 0.25) is 11.9 Å². The number of hydrogen-bond donors (Lipinski definition) is 3. The van der Waals surface area contributed by atoms with E-state index in [1.54, 1.807) is 11.0 Å². The maximum absolute atomic E-state index is 13.0. The fraction of sp³-hybridized carbons (Fsp3) is 0.481. The molecule has 0 amide bonds. The van der Waals surface area contributed by atoms with Crippen LogP contribution in [0.15, 0.2) is 57.3 Å². The highest BCUT2D eigenvalue weighted by atomic mass is 35.5. The highest BCUT2D eigenvalue weighted by Crippen LogP contribution is 2.35. The highest BCUT2D eigenvalue weighted by Gasteiger charge is 2.33. The van der Waals surface area contributed by atoms with E-state index in [0.29, 0.717) is 41.6 Å². The van der Waals surface area contributed by atoms with Gasteiger partial charge in [0.25, 0.3) is 10.1 Å². The van der Waals surface area contributed by atoms with Gasteiger partial charge in [-0.25, -0.2) is 4.99 Å². The quantitative estimate of drug-likeness (QED) is 0.258. The Labute approximate surface area is 256 Å². The molecule has 43 heavy (non-hydrogen) atoms. The minimum absolute atomic E-state index is 0.135. The van der Waals surface area contributed by atoms with Crippen LogP contribution in [0.1, 0.15) is 46.5 Å². The van der Waals surface area contributed by atoms with Crippen LogP contribution in [0.3, 0.4) is 0 Å². The van der Waals surface area contributed by atoms with Crippen molar-refractivity contribution < 1.29 is 34.7 Å². The second-order valence-corrected chi connectivity index (χ2v) is 14.2. The lowest BCUT2D eigenvalue weighted by Gasteiger charge is -2.38. The molecule has 0 radical (unpaired) electrons. The van der Waals surface area contributed by atoms with Crippen molar-refractivity contribution in [2.24, 2.45) is 33.3 Å². The largest absolute Gasteiger partial charge is 0.493 e. The van der Waals surface area contributed by atoms with Gasteiger partial charge in [0.05, 0.1) is 28.9 Å². The normalized spacial score (nSPS) is 20.3. The van der Waals surface area contributed by atoms with E-state index in [9.17, 15) is 20.7 Å². The Balaban J connectivity index is 0.000000765. The third kappa shape index (κ3) is 10.2. The highest BCUT2D eigenvalue weighted by molar-refractivity contribution is 7.86. The molecule has 1 aliphatic carbocycles. The van der Waals surface area contributed by atoms with Crippen molar-refractivity contribution in [2.75, 3.05) is 23.9 Å². The van der Waals surface area contributed by atoms with E-state index >= 15 is 0 Å². The van der Waals surface area contributed by atoms with Gasteiger partial charge in [-0.15, -0.1) is 3.89 Å². The van der Waals surface area contributed by atoms with Gasteiger partial charge in [-0.3, -0.25) is 9.45 Å². The predicted molar refractivity (Wildman–Crippen MR) is 165 cm³/mol. The number of aliphatic imine (C=N–C) groups is 2. The molecule has 238 valence electrons. The number of rotatable bonds is 9. The number of nitrogens with zero attached hydrogens (tertiary/aromatic N) is 3. The number of ether oxygens (including phenoxy) is 2. The van der Waals surface area contributed by atoms with Crippen LogP contribution >= 0.6 is 11.6 Å². The van der Waals surface area contributed by atoms with Crippen LogP contribution in [0, 0.1) is 11.8 Å². The van der Waals surface area contributed by atoms with E-state index < -0.39 is 26.0 Å². The summed E-state index contributed by atoms with van der Waals surface area (Å²) in [4.78, 5) is 9.81. The first-order chi connectivity index (χ1) is 20.0. The number of guanidine groups is 2. The second kappa shape index (κ2) is 14.1. The molecule has 1 fully saturated rings. The maximum Gasteiger partial charge on any atom is 0.332 e. The summed E-state index contributed by atoms with van der Waals surface area (Å²) in [7, 11) is -8.36. The Morgan fingerprint density at radius 3 is 2.00 bits per heavy atom. The van der Waals surface area contributed by atoms with E-state index in [2.05, 4.69) is 9.98 Å². The topological polar surface area (TPSA) is 187 Å². The smallest absolute Gasteiger partial charge is 0.332 e. The molecule has 1 saturated carbocycles. The van der Waals surface area contributed by atoms with Gasteiger partial charge >= 0.3 is 10.2 Å². The molecule has 2 aliphatic rings. The van der Waals surface area contributed by atoms with Crippen molar-refractivity contribution in [3.63, 3.8) is 0 Å². The third-order valence-corrected chi connectivity index (χ3v) is 8.82. The molecular formula is C27H37ClFN5O7S2. The molecule has 16 heteroatoms. The van der Waals surface area contributed by atoms with Crippen LogP contribution < -0.4 is 25.8 Å². The first-order valence-electron chi connectivity index (χ1n) is 13.5. The first kappa shape index (κ1) is 34.4. The number of anilines is 1. The lowest BCUT2D eigenvalue weighted by Crippen LogP contribution is -2.54. The van der Waals surface area contributed by atoms with Crippen LogP contribution in [-0.4, -0.2) is 57.9 Å². The van der Waals surface area contributed by atoms with Crippen LogP contribution in [0.5, 0.6) is 11.5 Å². The molecule has 1 heterocycles. The van der Waals surface area contributed by atoms with Crippen molar-refractivity contribution in [1.82, 2.24) is 0 Å². The van der Waals surface area contributed by atoms with Crippen LogP contribution in [-0.2, 0) is 20.3 Å². The first-order valence-corrected chi connectivity index (χ1v) is 16.9. The average Bonchev–Trinajstić information content (AvgIpc) is 2.90. The lowest BCUT2D eigenvalue weighted by atomic mass is 9.83. The molecule has 12 nitrogen and oxygen atoms in total. The van der Waals surface area contributed by atoms with Crippen LogP contribution in [0.2, 0.25) is 5.02 Å². The molecule has 2 aromatic rings. The molecule has 0 aromatic heterocycles. The lowest BCUT2D eigenvalue weighted by molar-refractivity contribution is 0.148. The van der Waals surface area contributed by atoms with Crippen molar-refractivity contribution in [3.8, 4) is 11.5 Å². The summed E-state index contributed by atoms with van der Waals surface area (Å²) in [6.45, 7) is 6.23. The Hall–Kier alpha value is -3.14. The Morgan fingerprint density at radius 2 is 1.53 bits per heavy atom. The summed E-state index contributed by atoms with van der Waals surface area (Å²) in [5.74, 6) is 2.09. The van der Waals surface area contributed by atoms with Gasteiger partial charge in [-0.1, -0.05) is 11.6 Å². The summed E-state index contributed by atoms with van der Waals surface area (Å²) in [5.41, 5.74) is 11.9. The predicted octanol–water partition coefficient (Wildman–Crippen LogP) is 4.34. The molecule has 0 atom stereocenters. The van der Waals surface area contributed by atoms with Gasteiger partial charge in [-0.05, 0) is 101 Å². The number of halogens is 2. The average molecular weight is 662 g/mol. The monoisotopic (exact) mass is 661 g/mol. The standard InChI is InChI=1S/C25H31ClFN5O4S.C2H6O3S/c1-25(2)31-23(28)30-24(29)32(25)18-7-12-22(21(26)13-18)36-15-17-5-3-16(4-6-17)14-35-19-8-10-20(11-9-19)37(27,33)34;1-2-6(3,4)5/h7-13,16-17H,3-6,14-15H2,1-2H3,(H4,28,29,30,31);2H2,1H3,(H,3,4,5). The summed E-state index contributed by atoms with van der Waals surface area (Å²) in [5, 5.41) is 0.470. The zero-order valence-electron chi connectivity index (χ0n) is 24.1. The van der Waals surface area contributed by atoms with E-state index in [1.165, 1.54) is 31.2 Å². The van der Waals surface area contributed by atoms with Crippen molar-refractivity contribution in [2.45, 2.75) is 57.0 Å². The van der Waals surface area contributed by atoms with Gasteiger partial charge in [0.1, 0.15) is 17.2 Å². The van der Waals surface area contributed by atoms with E-state index in [4.69, 9.17) is 37.1 Å². The molecule has 0 bridgehead atoms. The second-order valence-electron chi connectivity index (χ2n) is 10.7. The molecule has 1 aliphatic heterocycles. The Kier molecular flexibility index (Phi) is 11.3. The van der Waals surface area contributed by atoms with Crippen LogP contribution in [0.25, 0.3) is 0 Å². The van der Waals surface area contributed by atoms with Gasteiger partial charge in [-0.2, -0.15) is 21.8 Å². The molecule has 0 spiro atoms. The zero-order valence-corrected chi connectivity index (χ0v) is 26.5. The van der Waals surface area contributed by atoms with Gasteiger partial charge in [0.15, 0.2) is 0 Å². The van der Waals surface area contributed by atoms with Gasteiger partial charge in [0, 0.05) is 5.69 Å². The minimum Gasteiger partial charge on any atom is -0.493 e. The van der Waals surface area contributed by atoms with Crippen molar-refractivity contribution >= 4 is 49.5 Å². The summed E-state index contributed by atoms with van der Waals surface area (Å²) < 4.78 is 73.6. The molecule has 5 N–H and O–H groups in total. The minimum atomic E-state index is -4.70. The van der Waals surface area contributed by atoms with E-state index in [0.717, 1.165) is 31.4 Å². The van der Waals surface area contributed by atoms with Crippen molar-refractivity contribution in [1.29, 1.82) is 0 Å². The molecule has 4 rings (SSSR count). The number of hydrogen-bond acceptors (Lipinski definition) is 11. The summed E-state index contributed by atoms with van der Waals surface area (Å²) in [6, 6.07) is 10.8. The number of benzene rings is 2. The summed E-state index contributed by atoms with van der Waals surface area (Å²) >= 11 is 6.53. The zero-order chi connectivity index (χ0) is 32.0. The molecule has 2 aromatic carbocycles.